The van der Waals surface area contributed by atoms with Crippen LogP contribution in [0.4, 0.5) is 10.3 Å². The van der Waals surface area contributed by atoms with Crippen LogP contribution in [0, 0.1) is 5.82 Å². The van der Waals surface area contributed by atoms with Crippen LogP contribution in [-0.4, -0.2) is 77.4 Å². The fraction of sp³-hybridized carbons (Fsp3) is 0.500. The predicted molar refractivity (Wildman–Crippen MR) is 111 cm³/mol. The molecule has 0 amide bonds. The molecule has 2 fully saturated rings. The van der Waals surface area contributed by atoms with Gasteiger partial charge in [0.1, 0.15) is 5.82 Å². The highest BCUT2D eigenvalue weighted by Crippen LogP contribution is 2.21. The van der Waals surface area contributed by atoms with Gasteiger partial charge >= 0.3 is 0 Å². The summed E-state index contributed by atoms with van der Waals surface area (Å²) in [5.41, 5.74) is 0.611. The molecule has 1 aromatic carbocycles. The molecule has 1 aromatic heterocycles. The lowest BCUT2D eigenvalue weighted by Gasteiger charge is -2.38. The van der Waals surface area contributed by atoms with Crippen LogP contribution >= 0.6 is 0 Å². The molecule has 0 spiro atoms. The summed E-state index contributed by atoms with van der Waals surface area (Å²) >= 11 is 0. The lowest BCUT2D eigenvalue weighted by atomic mass is 9.94. The van der Waals surface area contributed by atoms with E-state index in [9.17, 15) is 9.18 Å². The molecule has 154 valence electrons. The maximum Gasteiger partial charge on any atom is 0.225 e. The van der Waals surface area contributed by atoms with Crippen molar-refractivity contribution < 1.29 is 9.18 Å². The molecule has 0 N–H and O–H groups in total. The van der Waals surface area contributed by atoms with E-state index in [4.69, 9.17) is 0 Å². The Morgan fingerprint density at radius 1 is 0.966 bits per heavy atom. The first-order chi connectivity index (χ1) is 14.2. The minimum atomic E-state index is -0.304. The minimum absolute atomic E-state index is 0.0896. The molecule has 29 heavy (non-hydrogen) atoms. The van der Waals surface area contributed by atoms with E-state index >= 15 is 0 Å². The van der Waals surface area contributed by atoms with Gasteiger partial charge in [0.25, 0.3) is 0 Å². The van der Waals surface area contributed by atoms with Gasteiger partial charge in [-0.2, -0.15) is 0 Å². The summed E-state index contributed by atoms with van der Waals surface area (Å²) in [5, 5.41) is 0. The molecule has 0 bridgehead atoms. The SMILES string of the molecule is O=C(c1ccc(F)cc1)C1CCCCN1CCN1CCN(c2ncccn2)CC1. The van der Waals surface area contributed by atoms with Gasteiger partial charge in [0, 0.05) is 57.2 Å². The minimum Gasteiger partial charge on any atom is -0.338 e. The number of hydrogen-bond donors (Lipinski definition) is 0. The van der Waals surface area contributed by atoms with Crippen molar-refractivity contribution in [2.75, 3.05) is 50.7 Å². The second kappa shape index (κ2) is 9.41. The summed E-state index contributed by atoms with van der Waals surface area (Å²) in [7, 11) is 0. The summed E-state index contributed by atoms with van der Waals surface area (Å²) in [5.74, 6) is 0.617. The van der Waals surface area contributed by atoms with E-state index in [-0.39, 0.29) is 17.6 Å². The first kappa shape index (κ1) is 19.9. The third-order valence-corrected chi connectivity index (χ3v) is 5.96. The van der Waals surface area contributed by atoms with E-state index < -0.39 is 0 Å². The van der Waals surface area contributed by atoms with Crippen molar-refractivity contribution >= 4 is 11.7 Å². The molecule has 1 atom stereocenters. The van der Waals surface area contributed by atoms with Crippen LogP contribution in [0.2, 0.25) is 0 Å². The number of benzene rings is 1. The van der Waals surface area contributed by atoms with Crippen molar-refractivity contribution in [3.05, 3.63) is 54.1 Å². The second-order valence-electron chi connectivity index (χ2n) is 7.80. The van der Waals surface area contributed by atoms with Crippen molar-refractivity contribution in [2.45, 2.75) is 25.3 Å². The molecule has 4 rings (SSSR count). The van der Waals surface area contributed by atoms with Gasteiger partial charge < -0.3 is 4.90 Å². The Morgan fingerprint density at radius 2 is 1.69 bits per heavy atom. The largest absolute Gasteiger partial charge is 0.338 e. The number of ketones is 1. The predicted octanol–water partition coefficient (Wildman–Crippen LogP) is 2.48. The molecule has 0 saturated carbocycles. The van der Waals surface area contributed by atoms with E-state index in [2.05, 4.69) is 24.7 Å². The summed E-state index contributed by atoms with van der Waals surface area (Å²) in [6, 6.07) is 7.70. The number of aromatic nitrogens is 2. The average molecular weight is 397 g/mol. The highest BCUT2D eigenvalue weighted by atomic mass is 19.1. The lowest BCUT2D eigenvalue weighted by molar-refractivity contribution is 0.0714. The summed E-state index contributed by atoms with van der Waals surface area (Å²) in [4.78, 5) is 28.6. The summed E-state index contributed by atoms with van der Waals surface area (Å²) in [6.07, 6.45) is 6.65. The number of likely N-dealkylation sites (tertiary alicyclic amines) is 1. The number of piperazine rings is 1. The molecular formula is C22H28FN5O. The number of piperidine rings is 1. The van der Waals surface area contributed by atoms with Gasteiger partial charge in [-0.3, -0.25) is 14.6 Å². The van der Waals surface area contributed by atoms with E-state index in [1.54, 1.807) is 24.5 Å². The van der Waals surface area contributed by atoms with E-state index in [0.717, 1.165) is 71.0 Å². The van der Waals surface area contributed by atoms with Crippen molar-refractivity contribution in [1.29, 1.82) is 0 Å². The molecule has 3 heterocycles. The summed E-state index contributed by atoms with van der Waals surface area (Å²) < 4.78 is 13.2. The van der Waals surface area contributed by atoms with E-state index in [0.29, 0.717) is 5.56 Å². The molecule has 2 aliphatic rings. The fourth-order valence-electron chi connectivity index (χ4n) is 4.26. The van der Waals surface area contributed by atoms with Crippen LogP contribution < -0.4 is 4.90 Å². The number of anilines is 1. The van der Waals surface area contributed by atoms with Crippen LogP contribution in [0.1, 0.15) is 29.6 Å². The first-order valence-corrected chi connectivity index (χ1v) is 10.5. The highest BCUT2D eigenvalue weighted by molar-refractivity contribution is 6.00. The van der Waals surface area contributed by atoms with Gasteiger partial charge in [-0.25, -0.2) is 14.4 Å². The smallest absolute Gasteiger partial charge is 0.225 e. The van der Waals surface area contributed by atoms with Crippen LogP contribution in [-0.2, 0) is 0 Å². The zero-order valence-electron chi connectivity index (χ0n) is 16.7. The van der Waals surface area contributed by atoms with Crippen molar-refractivity contribution in [2.24, 2.45) is 0 Å². The van der Waals surface area contributed by atoms with Gasteiger partial charge in [-0.1, -0.05) is 6.42 Å². The third kappa shape index (κ3) is 4.97. The zero-order chi connectivity index (χ0) is 20.1. The van der Waals surface area contributed by atoms with Crippen LogP contribution in [0.15, 0.2) is 42.7 Å². The normalized spacial score (nSPS) is 21.3. The molecule has 6 nitrogen and oxygen atoms in total. The monoisotopic (exact) mass is 397 g/mol. The Morgan fingerprint density at radius 3 is 2.41 bits per heavy atom. The van der Waals surface area contributed by atoms with Crippen LogP contribution in [0.5, 0.6) is 0 Å². The standard InChI is InChI=1S/C22H28FN5O/c23-19-7-5-18(6-8-19)21(29)20-4-1-2-11-27(20)15-12-26-13-16-28(17-14-26)22-24-9-3-10-25-22/h3,5-10,20H,1-2,4,11-17H2. The Hall–Kier alpha value is -2.38. The average Bonchev–Trinajstić information content (AvgIpc) is 2.79. The number of rotatable bonds is 6. The molecule has 0 radical (unpaired) electrons. The second-order valence-corrected chi connectivity index (χ2v) is 7.80. The van der Waals surface area contributed by atoms with E-state index in [1.165, 1.54) is 12.1 Å². The number of carbonyl (C=O) groups excluding carboxylic acids is 1. The quantitative estimate of drug-likeness (QED) is 0.698. The molecule has 7 heteroatoms. The Bertz CT molecular complexity index is 793. The van der Waals surface area contributed by atoms with Crippen molar-refractivity contribution in [1.82, 2.24) is 19.8 Å². The summed E-state index contributed by atoms with van der Waals surface area (Å²) in [6.45, 7) is 6.58. The topological polar surface area (TPSA) is 52.6 Å². The maximum atomic E-state index is 13.2. The van der Waals surface area contributed by atoms with E-state index in [1.807, 2.05) is 6.07 Å². The molecule has 1 unspecified atom stereocenters. The highest BCUT2D eigenvalue weighted by Gasteiger charge is 2.30. The third-order valence-electron chi connectivity index (χ3n) is 5.96. The Kier molecular flexibility index (Phi) is 6.46. The van der Waals surface area contributed by atoms with Crippen molar-refractivity contribution in [3.8, 4) is 0 Å². The van der Waals surface area contributed by atoms with Crippen LogP contribution in [0.25, 0.3) is 0 Å². The number of Topliss-reactive ketones (excluding diaryl/α,β-unsaturated/α-hetero) is 1. The number of hydrogen-bond acceptors (Lipinski definition) is 6. The number of carbonyl (C=O) groups is 1. The Labute approximate surface area is 171 Å². The Balaban J connectivity index is 1.30. The van der Waals surface area contributed by atoms with Gasteiger partial charge in [-0.15, -0.1) is 0 Å². The molecular weight excluding hydrogens is 369 g/mol. The molecule has 2 aliphatic heterocycles. The maximum absolute atomic E-state index is 13.2. The molecule has 2 aromatic rings. The molecule has 2 saturated heterocycles. The first-order valence-electron chi connectivity index (χ1n) is 10.5. The fourth-order valence-corrected chi connectivity index (χ4v) is 4.26. The van der Waals surface area contributed by atoms with Gasteiger partial charge in [0.05, 0.1) is 6.04 Å². The van der Waals surface area contributed by atoms with Gasteiger partial charge in [0.2, 0.25) is 5.95 Å². The lowest BCUT2D eigenvalue weighted by Crippen LogP contribution is -2.51. The number of nitrogens with zero attached hydrogens (tertiary/aromatic N) is 5. The van der Waals surface area contributed by atoms with Gasteiger partial charge in [-0.05, 0) is 49.7 Å². The van der Waals surface area contributed by atoms with Gasteiger partial charge in [0.15, 0.2) is 5.78 Å². The zero-order valence-corrected chi connectivity index (χ0v) is 16.7. The van der Waals surface area contributed by atoms with Crippen molar-refractivity contribution in [3.63, 3.8) is 0 Å². The molecule has 0 aliphatic carbocycles. The number of halogens is 1. The van der Waals surface area contributed by atoms with Crippen LogP contribution in [0.3, 0.4) is 0 Å².